The van der Waals surface area contributed by atoms with Crippen molar-refractivity contribution in [2.45, 2.75) is 62.9 Å². The van der Waals surface area contributed by atoms with E-state index in [-0.39, 0.29) is 47.5 Å². The summed E-state index contributed by atoms with van der Waals surface area (Å²) in [6, 6.07) is 0.0119. The Labute approximate surface area is 206 Å². The molecule has 2 aromatic heterocycles. The van der Waals surface area contributed by atoms with E-state index in [1.165, 1.54) is 10.9 Å². The van der Waals surface area contributed by atoms with Gasteiger partial charge in [0, 0.05) is 19.1 Å². The number of imidazole rings is 1. The Balaban J connectivity index is 1.39. The van der Waals surface area contributed by atoms with Crippen LogP contribution in [0.4, 0.5) is 10.6 Å². The normalized spacial score (nSPS) is 21.9. The summed E-state index contributed by atoms with van der Waals surface area (Å²) in [6.45, 7) is 0.200. The molecule has 0 saturated heterocycles. The van der Waals surface area contributed by atoms with Gasteiger partial charge < -0.3 is 36.2 Å². The number of aromatic nitrogens is 4. The van der Waals surface area contributed by atoms with Gasteiger partial charge in [0.15, 0.2) is 35.3 Å². The van der Waals surface area contributed by atoms with Gasteiger partial charge in [-0.1, -0.05) is 18.8 Å². The zero-order valence-corrected chi connectivity index (χ0v) is 19.8. The van der Waals surface area contributed by atoms with Crippen LogP contribution >= 0.6 is 0 Å². The molecule has 3 heterocycles. The third-order valence-electron chi connectivity index (χ3n) is 6.56. The van der Waals surface area contributed by atoms with E-state index in [0.717, 1.165) is 38.5 Å². The van der Waals surface area contributed by atoms with E-state index in [4.69, 9.17) is 10.5 Å². The molecule has 6 N–H and O–H groups in total. The van der Waals surface area contributed by atoms with Gasteiger partial charge in [0.05, 0.1) is 12.9 Å². The molecule has 0 unspecified atom stereocenters. The fourth-order valence-electron chi connectivity index (χ4n) is 4.50. The first-order valence-electron chi connectivity index (χ1n) is 11.9. The summed E-state index contributed by atoms with van der Waals surface area (Å²) < 4.78 is 7.02. The van der Waals surface area contributed by atoms with Crippen LogP contribution in [-0.4, -0.2) is 78.4 Å². The number of urea groups is 1. The van der Waals surface area contributed by atoms with Crippen LogP contribution in [0.3, 0.4) is 0 Å². The van der Waals surface area contributed by atoms with Crippen LogP contribution in [0.2, 0.25) is 0 Å². The van der Waals surface area contributed by atoms with Gasteiger partial charge in [-0.3, -0.25) is 9.36 Å². The van der Waals surface area contributed by atoms with Crippen molar-refractivity contribution < 1.29 is 24.5 Å². The Bertz CT molecular complexity index is 1280. The molecule has 2 saturated carbocycles. The summed E-state index contributed by atoms with van der Waals surface area (Å²) >= 11 is 0. The van der Waals surface area contributed by atoms with Gasteiger partial charge in [-0.25, -0.2) is 19.7 Å². The summed E-state index contributed by atoms with van der Waals surface area (Å²) in [5, 5.41) is 26.2. The smallest absolute Gasteiger partial charge is 0.318 e. The van der Waals surface area contributed by atoms with E-state index in [9.17, 15) is 19.8 Å². The number of anilines is 1. The number of aliphatic hydroxyl groups is 2. The summed E-state index contributed by atoms with van der Waals surface area (Å²) in [5.41, 5.74) is 6.53. The maximum absolute atomic E-state index is 12.4. The molecule has 190 valence electrons. The minimum Gasteiger partial charge on any atom is -0.506 e. The summed E-state index contributed by atoms with van der Waals surface area (Å²) in [7, 11) is 1.59. The number of rotatable bonds is 5. The van der Waals surface area contributed by atoms with Gasteiger partial charge >= 0.3 is 6.03 Å². The highest BCUT2D eigenvalue weighted by atomic mass is 16.6. The van der Waals surface area contributed by atoms with E-state index in [0.29, 0.717) is 0 Å². The first-order chi connectivity index (χ1) is 17.4. The second-order valence-electron chi connectivity index (χ2n) is 9.10. The standard InChI is InChI=1S/C23H28N8O5/c1-25-23(35)30(13-5-2-3-6-13)10-4-7-14-28-19(24)15-20(29-14)31(11-26-15)22-17(33)16(32)18(36-22)21(34)27-12-8-9-12/h11-13,18,22,32-33H,2-3,5-6,8-10H2,1H3,(H,25,35)(H,27,34)(H2,24,28,29)/t18-,22+/m0/s1. The van der Waals surface area contributed by atoms with E-state index >= 15 is 0 Å². The van der Waals surface area contributed by atoms with E-state index in [1.54, 1.807) is 11.9 Å². The molecule has 2 aromatic rings. The first kappa shape index (κ1) is 23.7. The molecule has 3 aliphatic rings. The number of aliphatic hydroxyl groups excluding tert-OH is 2. The lowest BCUT2D eigenvalue weighted by Gasteiger charge is -2.26. The summed E-state index contributed by atoms with van der Waals surface area (Å²) in [5.74, 6) is 4.34. The molecule has 0 radical (unpaired) electrons. The number of nitrogens with zero attached hydrogens (tertiary/aromatic N) is 5. The Kier molecular flexibility index (Phi) is 6.27. The Morgan fingerprint density at radius 2 is 1.97 bits per heavy atom. The maximum Gasteiger partial charge on any atom is 0.318 e. The number of carbonyl (C=O) groups excluding carboxylic acids is 2. The average Bonchev–Trinajstić information content (AvgIpc) is 3.22. The van der Waals surface area contributed by atoms with Crippen LogP contribution in [0.5, 0.6) is 0 Å². The van der Waals surface area contributed by atoms with Crippen LogP contribution in [0.25, 0.3) is 11.2 Å². The lowest BCUT2D eigenvalue weighted by molar-refractivity contribution is -0.134. The number of amides is 3. The fraction of sp³-hybridized carbons (Fsp3) is 0.522. The third kappa shape index (κ3) is 4.47. The molecule has 0 aromatic carbocycles. The molecule has 5 rings (SSSR count). The number of nitrogens with two attached hydrogens (primary N) is 1. The van der Waals surface area contributed by atoms with Crippen LogP contribution in [0.15, 0.2) is 17.8 Å². The Morgan fingerprint density at radius 3 is 2.67 bits per heavy atom. The molecular weight excluding hydrogens is 468 g/mol. The predicted molar refractivity (Wildman–Crippen MR) is 127 cm³/mol. The first-order valence-corrected chi connectivity index (χ1v) is 11.9. The Hall–Kier alpha value is -4.05. The van der Waals surface area contributed by atoms with Crippen molar-refractivity contribution in [3.8, 4) is 11.8 Å². The average molecular weight is 497 g/mol. The number of carbonyl (C=O) groups is 2. The summed E-state index contributed by atoms with van der Waals surface area (Å²) in [4.78, 5) is 39.2. The number of hydrogen-bond donors (Lipinski definition) is 5. The predicted octanol–water partition coefficient (Wildman–Crippen LogP) is 0.848. The number of ether oxygens (including phenoxy) is 1. The van der Waals surface area contributed by atoms with Crippen molar-refractivity contribution >= 4 is 28.9 Å². The van der Waals surface area contributed by atoms with Crippen LogP contribution in [-0.2, 0) is 9.53 Å². The van der Waals surface area contributed by atoms with Gasteiger partial charge in [0.25, 0.3) is 5.91 Å². The monoisotopic (exact) mass is 496 g/mol. The highest BCUT2D eigenvalue weighted by Crippen LogP contribution is 2.34. The highest BCUT2D eigenvalue weighted by Gasteiger charge is 2.42. The summed E-state index contributed by atoms with van der Waals surface area (Å²) in [6.07, 6.45) is 4.52. The van der Waals surface area contributed by atoms with Gasteiger partial charge in [-0.05, 0) is 31.6 Å². The lowest BCUT2D eigenvalue weighted by Crippen LogP contribution is -2.44. The highest BCUT2D eigenvalue weighted by molar-refractivity contribution is 5.85. The minimum absolute atomic E-state index is 0.0610. The van der Waals surface area contributed by atoms with Gasteiger partial charge in [-0.2, -0.15) is 0 Å². The van der Waals surface area contributed by atoms with E-state index < -0.39 is 29.8 Å². The lowest BCUT2D eigenvalue weighted by atomic mass is 10.2. The second kappa shape index (κ2) is 9.54. The molecule has 0 bridgehead atoms. The SMILES string of the molecule is CNC(=O)N(CC#Cc1nc(N)c2ncn([C@@H]3O[C@H](C(=O)NC4CC4)C(O)=C3O)c2n1)C1CCCC1. The third-order valence-corrected chi connectivity index (χ3v) is 6.56. The molecule has 2 fully saturated rings. The zero-order chi connectivity index (χ0) is 25.4. The van der Waals surface area contributed by atoms with Crippen molar-refractivity contribution in [2.24, 2.45) is 0 Å². The molecule has 0 spiro atoms. The van der Waals surface area contributed by atoms with Crippen molar-refractivity contribution in [3.05, 3.63) is 23.7 Å². The van der Waals surface area contributed by atoms with Gasteiger partial charge in [0.2, 0.25) is 5.82 Å². The number of nitrogen functional groups attached to an aromatic ring is 1. The molecule has 13 heteroatoms. The van der Waals surface area contributed by atoms with Crippen molar-refractivity contribution in [1.29, 1.82) is 0 Å². The van der Waals surface area contributed by atoms with Crippen molar-refractivity contribution in [1.82, 2.24) is 35.1 Å². The molecule has 13 nitrogen and oxygen atoms in total. The van der Waals surface area contributed by atoms with Crippen molar-refractivity contribution in [3.63, 3.8) is 0 Å². The van der Waals surface area contributed by atoms with Crippen LogP contribution in [0, 0.1) is 11.8 Å². The quantitative estimate of drug-likeness (QED) is 0.375. The van der Waals surface area contributed by atoms with Crippen LogP contribution in [0.1, 0.15) is 50.6 Å². The van der Waals surface area contributed by atoms with E-state index in [1.807, 2.05) is 0 Å². The number of fused-ring (bicyclic) bond motifs is 1. The molecule has 1 aliphatic heterocycles. The second-order valence-corrected chi connectivity index (χ2v) is 9.10. The number of nitrogens with one attached hydrogen (secondary N) is 2. The largest absolute Gasteiger partial charge is 0.506 e. The van der Waals surface area contributed by atoms with Gasteiger partial charge in [0.1, 0.15) is 5.52 Å². The zero-order valence-electron chi connectivity index (χ0n) is 19.8. The Morgan fingerprint density at radius 1 is 1.22 bits per heavy atom. The molecule has 3 amide bonds. The van der Waals surface area contributed by atoms with Gasteiger partial charge in [-0.15, -0.1) is 0 Å². The number of hydrogen-bond acceptors (Lipinski definition) is 9. The maximum atomic E-state index is 12.4. The molecular formula is C23H28N8O5. The molecule has 2 atom stereocenters. The fourth-order valence-corrected chi connectivity index (χ4v) is 4.50. The van der Waals surface area contributed by atoms with Crippen LogP contribution < -0.4 is 16.4 Å². The van der Waals surface area contributed by atoms with Crippen molar-refractivity contribution in [2.75, 3.05) is 19.3 Å². The van der Waals surface area contributed by atoms with E-state index in [2.05, 4.69) is 37.4 Å². The molecule has 2 aliphatic carbocycles. The molecule has 36 heavy (non-hydrogen) atoms. The topological polar surface area (TPSA) is 181 Å². The minimum atomic E-state index is -1.35.